The standard InChI is InChI=1S/C20H19N3O4S/c1-12(18(24)21-10-13-7-8-16-17(9-13)27-11-26-16)28-20-22-15-6-4-3-5-14(15)19(25)23(20)2/h3-9,12H,10-11H2,1-2H3,(H,21,24)/t12-/m1/s1. The molecule has 2 heterocycles. The third kappa shape index (κ3) is 3.55. The lowest BCUT2D eigenvalue weighted by atomic mass is 10.2. The fourth-order valence-corrected chi connectivity index (χ4v) is 3.80. The Balaban J connectivity index is 1.44. The largest absolute Gasteiger partial charge is 0.454 e. The molecule has 1 aliphatic heterocycles. The van der Waals surface area contributed by atoms with E-state index in [1.165, 1.54) is 16.3 Å². The molecule has 0 fully saturated rings. The molecule has 0 saturated carbocycles. The number of aromatic nitrogens is 2. The molecule has 0 spiro atoms. The number of fused-ring (bicyclic) bond motifs is 2. The van der Waals surface area contributed by atoms with Gasteiger partial charge in [-0.25, -0.2) is 4.98 Å². The zero-order valence-corrected chi connectivity index (χ0v) is 16.3. The molecule has 1 aromatic heterocycles. The molecule has 1 N–H and O–H groups in total. The van der Waals surface area contributed by atoms with Crippen molar-refractivity contribution in [1.29, 1.82) is 0 Å². The van der Waals surface area contributed by atoms with Crippen molar-refractivity contribution in [1.82, 2.24) is 14.9 Å². The highest BCUT2D eigenvalue weighted by Gasteiger charge is 2.19. The fraction of sp³-hybridized carbons (Fsp3) is 0.250. The Labute approximate surface area is 165 Å². The SMILES string of the molecule is C[C@@H](Sc1nc2ccccc2c(=O)n1C)C(=O)NCc1ccc2c(c1)OCO2. The lowest BCUT2D eigenvalue weighted by Gasteiger charge is -2.14. The summed E-state index contributed by atoms with van der Waals surface area (Å²) in [7, 11) is 1.67. The maximum atomic E-state index is 12.5. The van der Waals surface area contributed by atoms with Gasteiger partial charge in [0.15, 0.2) is 16.7 Å². The smallest absolute Gasteiger partial charge is 0.261 e. The van der Waals surface area contributed by atoms with Gasteiger partial charge in [0.1, 0.15) is 0 Å². The van der Waals surface area contributed by atoms with E-state index in [0.29, 0.717) is 34.1 Å². The van der Waals surface area contributed by atoms with E-state index in [2.05, 4.69) is 10.3 Å². The van der Waals surface area contributed by atoms with E-state index < -0.39 is 5.25 Å². The maximum absolute atomic E-state index is 12.5. The minimum Gasteiger partial charge on any atom is -0.454 e. The zero-order chi connectivity index (χ0) is 19.7. The van der Waals surface area contributed by atoms with Gasteiger partial charge in [-0.05, 0) is 36.8 Å². The number of para-hydroxylation sites is 1. The van der Waals surface area contributed by atoms with Crippen molar-refractivity contribution in [3.05, 3.63) is 58.4 Å². The Morgan fingerprint density at radius 1 is 1.25 bits per heavy atom. The van der Waals surface area contributed by atoms with Crippen LogP contribution < -0.4 is 20.3 Å². The molecule has 8 heteroatoms. The summed E-state index contributed by atoms with van der Waals surface area (Å²) < 4.78 is 12.1. The Bertz CT molecular complexity index is 1110. The van der Waals surface area contributed by atoms with E-state index in [4.69, 9.17) is 9.47 Å². The van der Waals surface area contributed by atoms with Gasteiger partial charge in [-0.3, -0.25) is 14.2 Å². The van der Waals surface area contributed by atoms with Crippen molar-refractivity contribution in [3.63, 3.8) is 0 Å². The average Bonchev–Trinajstić information content (AvgIpc) is 3.17. The highest BCUT2D eigenvalue weighted by molar-refractivity contribution is 8.00. The third-order valence-electron chi connectivity index (χ3n) is 4.50. The maximum Gasteiger partial charge on any atom is 0.261 e. The van der Waals surface area contributed by atoms with Crippen LogP contribution in [0.3, 0.4) is 0 Å². The molecular weight excluding hydrogens is 378 g/mol. The molecule has 0 saturated heterocycles. The first kappa shape index (κ1) is 18.4. The van der Waals surface area contributed by atoms with Crippen molar-refractivity contribution < 1.29 is 14.3 Å². The molecule has 3 aromatic rings. The number of hydrogen-bond donors (Lipinski definition) is 1. The van der Waals surface area contributed by atoms with Gasteiger partial charge in [-0.15, -0.1) is 0 Å². The second-order valence-electron chi connectivity index (χ2n) is 6.44. The summed E-state index contributed by atoms with van der Waals surface area (Å²) in [6.45, 7) is 2.39. The second kappa shape index (κ2) is 7.55. The average molecular weight is 397 g/mol. The predicted molar refractivity (Wildman–Crippen MR) is 107 cm³/mol. The van der Waals surface area contributed by atoms with Crippen LogP contribution >= 0.6 is 11.8 Å². The van der Waals surface area contributed by atoms with Crippen LogP contribution in [0.1, 0.15) is 12.5 Å². The lowest BCUT2D eigenvalue weighted by molar-refractivity contribution is -0.120. The summed E-state index contributed by atoms with van der Waals surface area (Å²) in [5.74, 6) is 1.26. The molecular formula is C20H19N3O4S. The lowest BCUT2D eigenvalue weighted by Crippen LogP contribution is -2.31. The molecule has 0 radical (unpaired) electrons. The Kier molecular flexibility index (Phi) is 4.95. The summed E-state index contributed by atoms with van der Waals surface area (Å²) in [6.07, 6.45) is 0. The van der Waals surface area contributed by atoms with Gasteiger partial charge in [0.2, 0.25) is 12.7 Å². The first-order valence-corrected chi connectivity index (χ1v) is 9.69. The van der Waals surface area contributed by atoms with Gasteiger partial charge in [-0.2, -0.15) is 0 Å². The third-order valence-corrected chi connectivity index (χ3v) is 5.64. The molecule has 1 aliphatic rings. The van der Waals surface area contributed by atoms with Gasteiger partial charge in [0, 0.05) is 13.6 Å². The van der Waals surface area contributed by atoms with Crippen LogP contribution in [-0.4, -0.2) is 27.5 Å². The number of rotatable bonds is 5. The monoisotopic (exact) mass is 397 g/mol. The molecule has 4 rings (SSSR count). The quantitative estimate of drug-likeness (QED) is 0.526. The molecule has 0 unspecified atom stereocenters. The van der Waals surface area contributed by atoms with E-state index in [9.17, 15) is 9.59 Å². The van der Waals surface area contributed by atoms with Crippen LogP contribution in [0.5, 0.6) is 11.5 Å². The normalized spacial score (nSPS) is 13.5. The topological polar surface area (TPSA) is 82.5 Å². The van der Waals surface area contributed by atoms with E-state index in [1.807, 2.05) is 30.3 Å². The van der Waals surface area contributed by atoms with Crippen LogP contribution in [0, 0.1) is 0 Å². The van der Waals surface area contributed by atoms with E-state index >= 15 is 0 Å². The van der Waals surface area contributed by atoms with Crippen LogP contribution in [-0.2, 0) is 18.4 Å². The number of carbonyl (C=O) groups is 1. The molecule has 28 heavy (non-hydrogen) atoms. The van der Waals surface area contributed by atoms with E-state index in [1.54, 1.807) is 26.1 Å². The summed E-state index contributed by atoms with van der Waals surface area (Å²) >= 11 is 1.26. The number of nitrogens with one attached hydrogen (secondary N) is 1. The van der Waals surface area contributed by atoms with Crippen LogP contribution in [0.25, 0.3) is 10.9 Å². The molecule has 0 bridgehead atoms. The Hall–Kier alpha value is -3.00. The number of ether oxygens (including phenoxy) is 2. The molecule has 7 nitrogen and oxygen atoms in total. The number of benzene rings is 2. The van der Waals surface area contributed by atoms with Crippen LogP contribution in [0.15, 0.2) is 52.4 Å². The summed E-state index contributed by atoms with van der Waals surface area (Å²) in [5, 5.41) is 3.57. The number of hydrogen-bond acceptors (Lipinski definition) is 6. The van der Waals surface area contributed by atoms with Crippen molar-refractivity contribution in [2.75, 3.05) is 6.79 Å². The summed E-state index contributed by atoms with van der Waals surface area (Å²) in [6, 6.07) is 12.8. The van der Waals surface area contributed by atoms with E-state index in [0.717, 1.165) is 5.56 Å². The summed E-state index contributed by atoms with van der Waals surface area (Å²) in [4.78, 5) is 29.5. The number of carbonyl (C=O) groups excluding carboxylic acids is 1. The van der Waals surface area contributed by atoms with Crippen molar-refractivity contribution in [3.8, 4) is 11.5 Å². The van der Waals surface area contributed by atoms with Crippen molar-refractivity contribution >= 4 is 28.6 Å². The summed E-state index contributed by atoms with van der Waals surface area (Å²) in [5.41, 5.74) is 1.42. The van der Waals surface area contributed by atoms with E-state index in [-0.39, 0.29) is 18.3 Å². The molecule has 144 valence electrons. The second-order valence-corrected chi connectivity index (χ2v) is 7.75. The molecule has 0 aliphatic carbocycles. The number of nitrogens with zero attached hydrogens (tertiary/aromatic N) is 2. The van der Waals surface area contributed by atoms with Gasteiger partial charge in [0.25, 0.3) is 5.56 Å². The van der Waals surface area contributed by atoms with Crippen molar-refractivity contribution in [2.45, 2.75) is 23.9 Å². The van der Waals surface area contributed by atoms with Crippen LogP contribution in [0.2, 0.25) is 0 Å². The van der Waals surface area contributed by atoms with Crippen molar-refractivity contribution in [2.24, 2.45) is 7.05 Å². The Morgan fingerprint density at radius 2 is 2.04 bits per heavy atom. The fourth-order valence-electron chi connectivity index (χ4n) is 2.90. The molecule has 1 atom stereocenters. The minimum atomic E-state index is -0.409. The number of thioether (sulfide) groups is 1. The number of amides is 1. The predicted octanol–water partition coefficient (Wildman–Crippen LogP) is 2.46. The van der Waals surface area contributed by atoms with Gasteiger partial charge in [0.05, 0.1) is 16.2 Å². The first-order valence-electron chi connectivity index (χ1n) is 8.81. The van der Waals surface area contributed by atoms with Gasteiger partial charge in [-0.1, -0.05) is 30.0 Å². The first-order chi connectivity index (χ1) is 13.5. The zero-order valence-electron chi connectivity index (χ0n) is 15.5. The molecule has 1 amide bonds. The van der Waals surface area contributed by atoms with Gasteiger partial charge >= 0.3 is 0 Å². The Morgan fingerprint density at radius 3 is 2.89 bits per heavy atom. The minimum absolute atomic E-state index is 0.124. The highest BCUT2D eigenvalue weighted by Crippen LogP contribution is 2.32. The van der Waals surface area contributed by atoms with Gasteiger partial charge < -0.3 is 14.8 Å². The van der Waals surface area contributed by atoms with Crippen LogP contribution in [0.4, 0.5) is 0 Å². The molecule has 2 aromatic carbocycles. The highest BCUT2D eigenvalue weighted by atomic mass is 32.2.